The molecule has 29 heavy (non-hydrogen) atoms. The smallest absolute Gasteiger partial charge is 0.193 e. The molecule has 1 atom stereocenters. The van der Waals surface area contributed by atoms with Crippen LogP contribution in [-0.2, 0) is 13.6 Å². The number of aryl methyl sites for hydroxylation is 3. The predicted molar refractivity (Wildman–Crippen MR) is 117 cm³/mol. The summed E-state index contributed by atoms with van der Waals surface area (Å²) in [4.78, 5) is 12.0. The molecule has 1 fully saturated rings. The van der Waals surface area contributed by atoms with Crippen LogP contribution in [0.3, 0.4) is 0 Å². The Kier molecular flexibility index (Phi) is 5.83. The van der Waals surface area contributed by atoms with E-state index < -0.39 is 0 Å². The summed E-state index contributed by atoms with van der Waals surface area (Å²) >= 11 is 0. The molecule has 0 bridgehead atoms. The lowest BCUT2D eigenvalue weighted by molar-refractivity contribution is 0.484. The predicted octanol–water partition coefficient (Wildman–Crippen LogP) is 2.92. The van der Waals surface area contributed by atoms with Crippen molar-refractivity contribution in [2.45, 2.75) is 39.2 Å². The second kappa shape index (κ2) is 8.68. The molecule has 7 nitrogen and oxygen atoms in total. The molecule has 1 unspecified atom stereocenters. The minimum Gasteiger partial charge on any atom is -0.357 e. The van der Waals surface area contributed by atoms with Gasteiger partial charge in [-0.05, 0) is 44.4 Å². The Labute approximate surface area is 172 Å². The molecule has 3 heterocycles. The molecular weight excluding hydrogens is 362 g/mol. The van der Waals surface area contributed by atoms with Gasteiger partial charge in [0.15, 0.2) is 5.96 Å². The van der Waals surface area contributed by atoms with Crippen molar-refractivity contribution in [1.29, 1.82) is 0 Å². The molecule has 1 aromatic carbocycles. The number of fused-ring (bicyclic) bond motifs is 1. The molecule has 3 aromatic rings. The monoisotopic (exact) mass is 393 g/mol. The molecule has 0 radical (unpaired) electrons. The van der Waals surface area contributed by atoms with Crippen molar-refractivity contribution in [1.82, 2.24) is 29.5 Å². The standard InChI is InChI=1S/C22H31N7/c1-4-23-22(28-13-10-18(16-28)19-14-25-27(3)15-19)24-11-7-12-29-17(2)26-20-8-5-6-9-21(20)29/h5-6,8-9,14-15,18H,4,7,10-13,16H2,1-3H3,(H,23,24). The van der Waals surface area contributed by atoms with Crippen LogP contribution in [-0.4, -0.2) is 56.4 Å². The summed E-state index contributed by atoms with van der Waals surface area (Å²) in [5, 5.41) is 7.80. The van der Waals surface area contributed by atoms with E-state index in [-0.39, 0.29) is 0 Å². The van der Waals surface area contributed by atoms with E-state index in [4.69, 9.17) is 4.99 Å². The molecular formula is C22H31N7. The zero-order chi connectivity index (χ0) is 20.2. The van der Waals surface area contributed by atoms with E-state index in [1.807, 2.05) is 24.0 Å². The lowest BCUT2D eigenvalue weighted by atomic mass is 10.0. The average molecular weight is 394 g/mol. The molecule has 7 heteroatoms. The number of benzene rings is 1. The van der Waals surface area contributed by atoms with Gasteiger partial charge in [0.25, 0.3) is 0 Å². The summed E-state index contributed by atoms with van der Waals surface area (Å²) in [6.07, 6.45) is 6.28. The normalized spacial score (nSPS) is 17.4. The molecule has 0 saturated carbocycles. The lowest BCUT2D eigenvalue weighted by Gasteiger charge is -2.21. The highest BCUT2D eigenvalue weighted by Crippen LogP contribution is 2.26. The Morgan fingerprint density at radius 3 is 2.97 bits per heavy atom. The van der Waals surface area contributed by atoms with Gasteiger partial charge in [-0.2, -0.15) is 5.10 Å². The summed E-state index contributed by atoms with van der Waals surface area (Å²) in [5.41, 5.74) is 3.61. The fraction of sp³-hybridized carbons (Fsp3) is 0.500. The number of nitrogens with one attached hydrogen (secondary N) is 1. The van der Waals surface area contributed by atoms with Crippen LogP contribution in [0, 0.1) is 6.92 Å². The van der Waals surface area contributed by atoms with Crippen molar-refractivity contribution in [3.63, 3.8) is 0 Å². The first-order chi connectivity index (χ1) is 14.2. The van der Waals surface area contributed by atoms with Gasteiger partial charge in [0.2, 0.25) is 0 Å². The van der Waals surface area contributed by atoms with Crippen molar-refractivity contribution in [3.8, 4) is 0 Å². The number of hydrogen-bond donors (Lipinski definition) is 1. The van der Waals surface area contributed by atoms with E-state index in [1.165, 1.54) is 11.1 Å². The van der Waals surface area contributed by atoms with Crippen LogP contribution in [0.4, 0.5) is 0 Å². The van der Waals surface area contributed by atoms with Crippen LogP contribution in [0.5, 0.6) is 0 Å². The molecule has 1 saturated heterocycles. The van der Waals surface area contributed by atoms with Crippen LogP contribution in [0.25, 0.3) is 11.0 Å². The second-order valence-corrected chi connectivity index (χ2v) is 7.77. The van der Waals surface area contributed by atoms with Gasteiger partial charge in [0, 0.05) is 51.9 Å². The Morgan fingerprint density at radius 2 is 2.17 bits per heavy atom. The van der Waals surface area contributed by atoms with Crippen LogP contribution >= 0.6 is 0 Å². The largest absolute Gasteiger partial charge is 0.357 e. The highest BCUT2D eigenvalue weighted by Gasteiger charge is 2.26. The maximum Gasteiger partial charge on any atom is 0.193 e. The summed E-state index contributed by atoms with van der Waals surface area (Å²) in [7, 11) is 1.98. The quantitative estimate of drug-likeness (QED) is 0.397. The Balaban J connectivity index is 1.37. The molecule has 0 aliphatic carbocycles. The van der Waals surface area contributed by atoms with E-state index in [9.17, 15) is 0 Å². The average Bonchev–Trinajstić information content (AvgIpc) is 3.43. The van der Waals surface area contributed by atoms with Crippen molar-refractivity contribution in [2.24, 2.45) is 12.0 Å². The fourth-order valence-electron chi connectivity index (χ4n) is 4.19. The van der Waals surface area contributed by atoms with E-state index in [0.29, 0.717) is 5.92 Å². The van der Waals surface area contributed by atoms with Crippen LogP contribution < -0.4 is 5.32 Å². The number of para-hydroxylation sites is 2. The first-order valence-corrected chi connectivity index (χ1v) is 10.6. The molecule has 154 valence electrons. The summed E-state index contributed by atoms with van der Waals surface area (Å²) in [6, 6.07) is 8.34. The Morgan fingerprint density at radius 1 is 1.31 bits per heavy atom. The topological polar surface area (TPSA) is 63.3 Å². The number of guanidine groups is 1. The molecule has 0 amide bonds. The van der Waals surface area contributed by atoms with E-state index >= 15 is 0 Å². The minimum absolute atomic E-state index is 0.535. The molecule has 0 spiro atoms. The molecule has 1 aliphatic heterocycles. The SMILES string of the molecule is CCNC(=NCCCn1c(C)nc2ccccc21)N1CCC(c2cnn(C)c2)C1. The second-order valence-electron chi connectivity index (χ2n) is 7.77. The first-order valence-electron chi connectivity index (χ1n) is 10.6. The lowest BCUT2D eigenvalue weighted by Crippen LogP contribution is -2.40. The number of aromatic nitrogens is 4. The summed E-state index contributed by atoms with van der Waals surface area (Å²) < 4.78 is 4.19. The number of nitrogens with zero attached hydrogens (tertiary/aromatic N) is 6. The van der Waals surface area contributed by atoms with E-state index in [2.05, 4.69) is 63.1 Å². The van der Waals surface area contributed by atoms with Gasteiger partial charge in [-0.15, -0.1) is 0 Å². The first kappa shape index (κ1) is 19.5. The number of imidazole rings is 1. The highest BCUT2D eigenvalue weighted by molar-refractivity contribution is 5.80. The fourth-order valence-corrected chi connectivity index (χ4v) is 4.19. The number of aliphatic imine (C=N–C) groups is 1. The Hall–Kier alpha value is -2.83. The van der Waals surface area contributed by atoms with Crippen LogP contribution in [0.2, 0.25) is 0 Å². The number of rotatable bonds is 6. The van der Waals surface area contributed by atoms with Gasteiger partial charge in [0.05, 0.1) is 17.2 Å². The minimum atomic E-state index is 0.535. The molecule has 1 aliphatic rings. The van der Waals surface area contributed by atoms with E-state index in [1.54, 1.807) is 0 Å². The third-order valence-electron chi connectivity index (χ3n) is 5.67. The van der Waals surface area contributed by atoms with Gasteiger partial charge in [-0.1, -0.05) is 12.1 Å². The van der Waals surface area contributed by atoms with Gasteiger partial charge in [-0.25, -0.2) is 4.98 Å². The van der Waals surface area contributed by atoms with Crippen LogP contribution in [0.1, 0.15) is 37.1 Å². The van der Waals surface area contributed by atoms with Crippen molar-refractivity contribution in [3.05, 3.63) is 48.0 Å². The zero-order valence-electron chi connectivity index (χ0n) is 17.7. The third-order valence-corrected chi connectivity index (χ3v) is 5.67. The van der Waals surface area contributed by atoms with Crippen molar-refractivity contribution in [2.75, 3.05) is 26.2 Å². The van der Waals surface area contributed by atoms with E-state index in [0.717, 1.165) is 62.9 Å². The third kappa shape index (κ3) is 4.28. The maximum atomic E-state index is 4.91. The Bertz CT molecular complexity index is 984. The maximum absolute atomic E-state index is 4.91. The van der Waals surface area contributed by atoms with Crippen molar-refractivity contribution < 1.29 is 0 Å². The van der Waals surface area contributed by atoms with Crippen LogP contribution in [0.15, 0.2) is 41.7 Å². The van der Waals surface area contributed by atoms with Gasteiger partial charge in [0.1, 0.15) is 5.82 Å². The van der Waals surface area contributed by atoms with Gasteiger partial charge in [-0.3, -0.25) is 9.67 Å². The summed E-state index contributed by atoms with van der Waals surface area (Å²) in [6.45, 7) is 8.88. The molecule has 4 rings (SSSR count). The highest BCUT2D eigenvalue weighted by atomic mass is 15.3. The molecule has 2 aromatic heterocycles. The van der Waals surface area contributed by atoms with Gasteiger partial charge < -0.3 is 14.8 Å². The summed E-state index contributed by atoms with van der Waals surface area (Å²) in [5.74, 6) is 2.64. The van der Waals surface area contributed by atoms with Crippen molar-refractivity contribution >= 4 is 17.0 Å². The zero-order valence-corrected chi connectivity index (χ0v) is 17.7. The molecule has 1 N–H and O–H groups in total. The number of hydrogen-bond acceptors (Lipinski definition) is 3. The van der Waals surface area contributed by atoms with Gasteiger partial charge >= 0.3 is 0 Å². The number of likely N-dealkylation sites (tertiary alicyclic amines) is 1.